The Hall–Kier alpha value is -1.47. The largest absolute Gasteiger partial charge is 0.481 e. The number of carbonyl (C=O) groups excluding carboxylic acids is 1. The van der Waals surface area contributed by atoms with Crippen molar-refractivity contribution in [3.63, 3.8) is 0 Å². The Morgan fingerprint density at radius 2 is 2.15 bits per heavy atom. The van der Waals surface area contributed by atoms with E-state index in [2.05, 4.69) is 4.98 Å². The summed E-state index contributed by atoms with van der Waals surface area (Å²) in [4.78, 5) is 30.2. The van der Waals surface area contributed by atoms with Gasteiger partial charge in [0.1, 0.15) is 0 Å². The summed E-state index contributed by atoms with van der Waals surface area (Å²) in [5, 5.41) is 11.5. The van der Waals surface area contributed by atoms with E-state index in [1.807, 2.05) is 24.3 Å². The van der Waals surface area contributed by atoms with Gasteiger partial charge in [0.15, 0.2) is 5.13 Å². The SMILES string of the molecule is CCN(C(C)=O)c1nc(CN(C)CC(C)C(=O)O)cs1. The first-order valence-corrected chi connectivity index (χ1v) is 7.37. The highest BCUT2D eigenvalue weighted by Gasteiger charge is 2.16. The molecule has 1 N–H and O–H groups in total. The number of hydrogen-bond acceptors (Lipinski definition) is 5. The van der Waals surface area contributed by atoms with E-state index in [9.17, 15) is 9.59 Å². The van der Waals surface area contributed by atoms with Crippen LogP contribution in [0.25, 0.3) is 0 Å². The second-order valence-electron chi connectivity index (χ2n) is 4.82. The van der Waals surface area contributed by atoms with Crippen LogP contribution < -0.4 is 4.90 Å². The summed E-state index contributed by atoms with van der Waals surface area (Å²) in [5.74, 6) is -1.24. The highest BCUT2D eigenvalue weighted by atomic mass is 32.1. The van der Waals surface area contributed by atoms with Crippen molar-refractivity contribution in [3.8, 4) is 0 Å². The number of thiazole rings is 1. The molecule has 1 heterocycles. The summed E-state index contributed by atoms with van der Waals surface area (Å²) in [5.41, 5.74) is 0.852. The molecule has 0 bridgehead atoms. The third-order valence-corrected chi connectivity index (χ3v) is 3.82. The molecule has 7 heteroatoms. The summed E-state index contributed by atoms with van der Waals surface area (Å²) in [7, 11) is 1.86. The predicted octanol–water partition coefficient (Wildman–Crippen LogP) is 1.67. The first-order chi connectivity index (χ1) is 9.35. The second kappa shape index (κ2) is 7.35. The maximum Gasteiger partial charge on any atom is 0.307 e. The molecule has 1 aromatic rings. The van der Waals surface area contributed by atoms with Crippen molar-refractivity contribution in [2.75, 3.05) is 25.0 Å². The van der Waals surface area contributed by atoms with Gasteiger partial charge in [-0.25, -0.2) is 4.98 Å². The lowest BCUT2D eigenvalue weighted by molar-refractivity contribution is -0.141. The lowest BCUT2D eigenvalue weighted by atomic mass is 10.2. The number of hydrogen-bond donors (Lipinski definition) is 1. The zero-order chi connectivity index (χ0) is 15.3. The van der Waals surface area contributed by atoms with Crippen LogP contribution in [0.15, 0.2) is 5.38 Å². The van der Waals surface area contributed by atoms with E-state index in [4.69, 9.17) is 5.11 Å². The number of nitrogens with zero attached hydrogens (tertiary/aromatic N) is 3. The van der Waals surface area contributed by atoms with Gasteiger partial charge in [-0.1, -0.05) is 6.92 Å². The van der Waals surface area contributed by atoms with Gasteiger partial charge in [0.05, 0.1) is 11.6 Å². The molecule has 0 saturated heterocycles. The van der Waals surface area contributed by atoms with Gasteiger partial charge in [0.25, 0.3) is 0 Å². The van der Waals surface area contributed by atoms with Crippen LogP contribution in [0, 0.1) is 5.92 Å². The van der Waals surface area contributed by atoms with Crippen LogP contribution in [0.2, 0.25) is 0 Å². The minimum atomic E-state index is -0.801. The van der Waals surface area contributed by atoms with Crippen LogP contribution in [0.1, 0.15) is 26.5 Å². The summed E-state index contributed by atoms with van der Waals surface area (Å²) in [6.45, 7) is 6.73. The molecule has 1 unspecified atom stereocenters. The third kappa shape index (κ3) is 4.57. The van der Waals surface area contributed by atoms with Crippen LogP contribution >= 0.6 is 11.3 Å². The monoisotopic (exact) mass is 299 g/mol. The Morgan fingerprint density at radius 3 is 2.65 bits per heavy atom. The predicted molar refractivity (Wildman–Crippen MR) is 78.9 cm³/mol. The molecule has 0 fully saturated rings. The number of aromatic nitrogens is 1. The maximum absolute atomic E-state index is 11.4. The van der Waals surface area contributed by atoms with Gasteiger partial charge in [0, 0.05) is 31.9 Å². The molecule has 0 radical (unpaired) electrons. The molecule has 1 amide bonds. The summed E-state index contributed by atoms with van der Waals surface area (Å²) in [6.07, 6.45) is 0. The van der Waals surface area contributed by atoms with Gasteiger partial charge >= 0.3 is 5.97 Å². The van der Waals surface area contributed by atoms with Gasteiger partial charge in [-0.3, -0.25) is 19.4 Å². The highest BCUT2D eigenvalue weighted by Crippen LogP contribution is 2.21. The Labute approximate surface area is 123 Å². The first-order valence-electron chi connectivity index (χ1n) is 6.49. The fourth-order valence-corrected chi connectivity index (χ4v) is 2.80. The van der Waals surface area contributed by atoms with Crippen LogP contribution in [0.5, 0.6) is 0 Å². The fourth-order valence-electron chi connectivity index (χ4n) is 1.87. The lowest BCUT2D eigenvalue weighted by Crippen LogP contribution is -2.29. The number of carboxylic acids is 1. The summed E-state index contributed by atoms with van der Waals surface area (Å²) >= 11 is 1.43. The van der Waals surface area contributed by atoms with Crippen molar-refractivity contribution in [3.05, 3.63) is 11.1 Å². The Balaban J connectivity index is 2.64. The lowest BCUT2D eigenvalue weighted by Gasteiger charge is -2.18. The molecule has 0 aliphatic rings. The van der Waals surface area contributed by atoms with Gasteiger partial charge in [-0.05, 0) is 14.0 Å². The van der Waals surface area contributed by atoms with Crippen molar-refractivity contribution >= 4 is 28.3 Å². The second-order valence-corrected chi connectivity index (χ2v) is 5.66. The average Bonchev–Trinajstić information content (AvgIpc) is 2.77. The Bertz CT molecular complexity index is 475. The van der Waals surface area contributed by atoms with Gasteiger partial charge in [-0.2, -0.15) is 0 Å². The number of amides is 1. The maximum atomic E-state index is 11.4. The minimum absolute atomic E-state index is 0.0266. The van der Waals surface area contributed by atoms with E-state index in [0.717, 1.165) is 5.69 Å². The van der Waals surface area contributed by atoms with E-state index in [1.165, 1.54) is 18.3 Å². The molecule has 20 heavy (non-hydrogen) atoms. The molecule has 0 aliphatic carbocycles. The minimum Gasteiger partial charge on any atom is -0.481 e. The molecular formula is C13H21N3O3S. The smallest absolute Gasteiger partial charge is 0.307 e. The Morgan fingerprint density at radius 1 is 1.50 bits per heavy atom. The van der Waals surface area contributed by atoms with Crippen LogP contribution in [0.3, 0.4) is 0 Å². The van der Waals surface area contributed by atoms with Gasteiger partial charge in [-0.15, -0.1) is 11.3 Å². The molecule has 1 rings (SSSR count). The number of carboxylic acid groups (broad SMARTS) is 1. The Kier molecular flexibility index (Phi) is 6.09. The number of carbonyl (C=O) groups is 2. The molecule has 0 aliphatic heterocycles. The standard InChI is InChI=1S/C13H21N3O3S/c1-5-16(10(3)17)13-14-11(8-20-13)7-15(4)6-9(2)12(18)19/h8-9H,5-7H2,1-4H3,(H,18,19). The topological polar surface area (TPSA) is 73.7 Å². The molecule has 1 aromatic heterocycles. The fraction of sp³-hybridized carbons (Fsp3) is 0.615. The van der Waals surface area contributed by atoms with E-state index >= 15 is 0 Å². The zero-order valence-electron chi connectivity index (χ0n) is 12.3. The molecule has 6 nitrogen and oxygen atoms in total. The van der Waals surface area contributed by atoms with Crippen LogP contribution in [-0.4, -0.2) is 47.0 Å². The first kappa shape index (κ1) is 16.6. The average molecular weight is 299 g/mol. The zero-order valence-corrected chi connectivity index (χ0v) is 13.1. The van der Waals surface area contributed by atoms with Crippen molar-refractivity contribution in [1.29, 1.82) is 0 Å². The van der Waals surface area contributed by atoms with Crippen molar-refractivity contribution < 1.29 is 14.7 Å². The van der Waals surface area contributed by atoms with Crippen molar-refractivity contribution in [2.24, 2.45) is 5.92 Å². The number of rotatable bonds is 7. The molecule has 112 valence electrons. The molecule has 0 aromatic carbocycles. The molecule has 0 spiro atoms. The summed E-state index contributed by atoms with van der Waals surface area (Å²) in [6, 6.07) is 0. The van der Waals surface area contributed by atoms with Gasteiger partial charge < -0.3 is 5.11 Å². The van der Waals surface area contributed by atoms with E-state index in [-0.39, 0.29) is 5.91 Å². The van der Waals surface area contributed by atoms with E-state index in [1.54, 1.807) is 11.8 Å². The number of anilines is 1. The van der Waals surface area contributed by atoms with Crippen LogP contribution in [-0.2, 0) is 16.1 Å². The number of aliphatic carboxylic acids is 1. The summed E-state index contributed by atoms with van der Waals surface area (Å²) < 4.78 is 0. The van der Waals surface area contributed by atoms with E-state index < -0.39 is 11.9 Å². The third-order valence-electron chi connectivity index (χ3n) is 2.91. The normalized spacial score (nSPS) is 12.4. The van der Waals surface area contributed by atoms with E-state index in [0.29, 0.717) is 24.8 Å². The van der Waals surface area contributed by atoms with Crippen molar-refractivity contribution in [2.45, 2.75) is 27.3 Å². The molecule has 0 saturated carbocycles. The highest BCUT2D eigenvalue weighted by molar-refractivity contribution is 7.14. The van der Waals surface area contributed by atoms with Crippen LogP contribution in [0.4, 0.5) is 5.13 Å². The van der Waals surface area contributed by atoms with Gasteiger partial charge in [0.2, 0.25) is 5.91 Å². The molecule has 1 atom stereocenters. The molecular weight excluding hydrogens is 278 g/mol. The van der Waals surface area contributed by atoms with Crippen molar-refractivity contribution in [1.82, 2.24) is 9.88 Å². The quantitative estimate of drug-likeness (QED) is 0.829.